The number of carbonyl (C=O) groups excluding carboxylic acids is 1. The first kappa shape index (κ1) is 25.2. The van der Waals surface area contributed by atoms with E-state index in [9.17, 15) is 9.18 Å². The number of aromatic nitrogens is 4. The Bertz CT molecular complexity index is 1710. The third-order valence-corrected chi connectivity index (χ3v) is 6.53. The first-order chi connectivity index (χ1) is 18.4. The van der Waals surface area contributed by atoms with Crippen LogP contribution in [0.1, 0.15) is 0 Å². The van der Waals surface area contributed by atoms with Gasteiger partial charge in [-0.3, -0.25) is 4.79 Å². The maximum absolute atomic E-state index is 14.7. The van der Waals surface area contributed by atoms with Gasteiger partial charge in [-0.25, -0.2) is 18.9 Å². The molecule has 0 unspecified atom stereocenters. The van der Waals surface area contributed by atoms with E-state index < -0.39 is 11.7 Å². The van der Waals surface area contributed by atoms with Crippen LogP contribution in [0.5, 0.6) is 11.5 Å². The van der Waals surface area contributed by atoms with Gasteiger partial charge in [0.15, 0.2) is 5.65 Å². The van der Waals surface area contributed by atoms with Crippen LogP contribution in [-0.4, -0.2) is 39.7 Å². The number of halogens is 3. The molecule has 0 fully saturated rings. The van der Waals surface area contributed by atoms with Gasteiger partial charge in [0.1, 0.15) is 29.5 Å². The molecule has 0 bridgehead atoms. The molecule has 0 saturated heterocycles. The lowest BCUT2D eigenvalue weighted by Gasteiger charge is -2.16. The summed E-state index contributed by atoms with van der Waals surface area (Å²) in [5.74, 6) is 0.00489. The van der Waals surface area contributed by atoms with Crippen molar-refractivity contribution in [2.45, 2.75) is 0 Å². The number of anilines is 3. The van der Waals surface area contributed by atoms with E-state index in [0.717, 1.165) is 6.08 Å². The van der Waals surface area contributed by atoms with Crippen LogP contribution in [0.2, 0.25) is 10.0 Å². The number of benzene rings is 2. The van der Waals surface area contributed by atoms with Crippen molar-refractivity contribution in [3.8, 4) is 22.6 Å². The highest BCUT2D eigenvalue weighted by atomic mass is 35.5. The Morgan fingerprint density at radius 2 is 1.84 bits per heavy atom. The van der Waals surface area contributed by atoms with Crippen molar-refractivity contribution < 1.29 is 18.7 Å². The van der Waals surface area contributed by atoms with Crippen LogP contribution < -0.4 is 20.1 Å². The summed E-state index contributed by atoms with van der Waals surface area (Å²) in [4.78, 5) is 20.7. The van der Waals surface area contributed by atoms with Gasteiger partial charge in [-0.1, -0.05) is 35.8 Å². The number of fused-ring (bicyclic) bond motifs is 3. The minimum absolute atomic E-state index is 0.0445. The van der Waals surface area contributed by atoms with E-state index in [1.807, 2.05) is 6.07 Å². The largest absolute Gasteiger partial charge is 0.495 e. The van der Waals surface area contributed by atoms with E-state index >= 15 is 0 Å². The molecule has 0 saturated carbocycles. The van der Waals surface area contributed by atoms with Crippen LogP contribution in [0.25, 0.3) is 27.7 Å². The Kier molecular flexibility index (Phi) is 6.75. The Hall–Kier alpha value is -4.41. The number of rotatable bonds is 7. The standard InChI is InChI=1S/C26H19Cl2FN6O3/c1-4-21(36)33-16-7-5-6-15(29)25(16)34-20-9-17-13(11-30-20)8-14(26-31-12-32-35(17)26)22-23(27)18(37-2)10-19(38-3)24(22)28/h4-12H,1H2,2-3H3,(H,30,34)(H,33,36). The van der Waals surface area contributed by atoms with Crippen LogP contribution in [0.3, 0.4) is 0 Å². The molecule has 3 heterocycles. The summed E-state index contributed by atoms with van der Waals surface area (Å²) < 4.78 is 27.1. The molecule has 0 aliphatic heterocycles. The van der Waals surface area contributed by atoms with Gasteiger partial charge in [-0.15, -0.1) is 0 Å². The fourth-order valence-corrected chi connectivity index (χ4v) is 4.72. The number of nitrogens with zero attached hydrogens (tertiary/aromatic N) is 4. The fourth-order valence-electron chi connectivity index (χ4n) is 4.01. The maximum atomic E-state index is 14.7. The van der Waals surface area contributed by atoms with Gasteiger partial charge < -0.3 is 20.1 Å². The van der Waals surface area contributed by atoms with Crippen molar-refractivity contribution in [1.82, 2.24) is 19.6 Å². The maximum Gasteiger partial charge on any atom is 0.247 e. The predicted octanol–water partition coefficient (Wildman–Crippen LogP) is 6.28. The molecule has 0 radical (unpaired) electrons. The quantitative estimate of drug-likeness (QED) is 0.229. The summed E-state index contributed by atoms with van der Waals surface area (Å²) in [6, 6.07) is 9.42. The van der Waals surface area contributed by atoms with Gasteiger partial charge in [0.05, 0.1) is 41.2 Å². The fraction of sp³-hybridized carbons (Fsp3) is 0.0769. The van der Waals surface area contributed by atoms with E-state index in [2.05, 4.69) is 32.3 Å². The summed E-state index contributed by atoms with van der Waals surface area (Å²) in [5, 5.41) is 11.1. The van der Waals surface area contributed by atoms with Crippen molar-refractivity contribution in [3.05, 3.63) is 77.4 Å². The number of hydrogen-bond acceptors (Lipinski definition) is 7. The van der Waals surface area contributed by atoms with Gasteiger partial charge in [0.2, 0.25) is 5.91 Å². The van der Waals surface area contributed by atoms with Crippen LogP contribution in [0.15, 0.2) is 61.6 Å². The molecule has 192 valence electrons. The molecule has 1 amide bonds. The number of carbonyl (C=O) groups is 1. The lowest BCUT2D eigenvalue weighted by atomic mass is 10.0. The lowest BCUT2D eigenvalue weighted by Crippen LogP contribution is -2.10. The molecule has 0 atom stereocenters. The van der Waals surface area contributed by atoms with E-state index in [0.29, 0.717) is 45.0 Å². The van der Waals surface area contributed by atoms with Crippen molar-refractivity contribution in [1.29, 1.82) is 0 Å². The summed E-state index contributed by atoms with van der Waals surface area (Å²) in [7, 11) is 2.99. The molecule has 5 rings (SSSR count). The Labute approximate surface area is 225 Å². The number of amides is 1. The zero-order valence-electron chi connectivity index (χ0n) is 20.1. The van der Waals surface area contributed by atoms with Gasteiger partial charge in [0, 0.05) is 34.8 Å². The Morgan fingerprint density at radius 3 is 2.53 bits per heavy atom. The zero-order chi connectivity index (χ0) is 27.0. The average Bonchev–Trinajstić information content (AvgIpc) is 3.41. The van der Waals surface area contributed by atoms with Crippen molar-refractivity contribution in [2.75, 3.05) is 24.9 Å². The highest BCUT2D eigenvalue weighted by Gasteiger charge is 2.23. The first-order valence-corrected chi connectivity index (χ1v) is 11.8. The second-order valence-electron chi connectivity index (χ2n) is 7.95. The van der Waals surface area contributed by atoms with Gasteiger partial charge in [0.25, 0.3) is 0 Å². The number of ether oxygens (including phenoxy) is 2. The monoisotopic (exact) mass is 552 g/mol. The SMILES string of the molecule is C=CC(=O)Nc1cccc(F)c1Nc1cc2c(cn1)cc(-c1c(Cl)c(OC)cc(OC)c1Cl)c1ncnn12. The number of nitrogens with one attached hydrogen (secondary N) is 2. The molecule has 0 aliphatic rings. The summed E-state index contributed by atoms with van der Waals surface area (Å²) >= 11 is 13.3. The number of para-hydroxylation sites is 1. The van der Waals surface area contributed by atoms with Crippen molar-refractivity contribution >= 4 is 62.9 Å². The van der Waals surface area contributed by atoms with Crippen molar-refractivity contribution in [3.63, 3.8) is 0 Å². The van der Waals surface area contributed by atoms with Crippen LogP contribution >= 0.6 is 23.2 Å². The van der Waals surface area contributed by atoms with E-state index in [4.69, 9.17) is 32.7 Å². The minimum atomic E-state index is -0.578. The molecule has 0 spiro atoms. The van der Waals surface area contributed by atoms with Gasteiger partial charge in [-0.2, -0.15) is 5.10 Å². The zero-order valence-corrected chi connectivity index (χ0v) is 21.6. The highest BCUT2D eigenvalue weighted by Crippen LogP contribution is 2.47. The van der Waals surface area contributed by atoms with Gasteiger partial charge in [-0.05, 0) is 24.3 Å². The van der Waals surface area contributed by atoms with E-state index in [1.165, 1.54) is 32.7 Å². The normalized spacial score (nSPS) is 11.0. The number of pyridine rings is 2. The molecule has 2 N–H and O–H groups in total. The molecule has 38 heavy (non-hydrogen) atoms. The number of methoxy groups -OCH3 is 2. The molecule has 0 aliphatic carbocycles. The Balaban J connectivity index is 1.66. The highest BCUT2D eigenvalue weighted by molar-refractivity contribution is 6.41. The third-order valence-electron chi connectivity index (χ3n) is 5.78. The number of hydrogen-bond donors (Lipinski definition) is 2. The van der Waals surface area contributed by atoms with Crippen molar-refractivity contribution in [2.24, 2.45) is 0 Å². The summed E-state index contributed by atoms with van der Waals surface area (Å²) in [6.45, 7) is 3.43. The molecular formula is C26H19Cl2FN6O3. The van der Waals surface area contributed by atoms with Crippen LogP contribution in [-0.2, 0) is 4.79 Å². The molecule has 12 heteroatoms. The minimum Gasteiger partial charge on any atom is -0.495 e. The topological polar surface area (TPSA) is 103 Å². The first-order valence-electron chi connectivity index (χ1n) is 11.1. The second kappa shape index (κ2) is 10.2. The Morgan fingerprint density at radius 1 is 1.11 bits per heavy atom. The van der Waals surface area contributed by atoms with E-state index in [1.54, 1.807) is 28.9 Å². The van der Waals surface area contributed by atoms with Crippen LogP contribution in [0.4, 0.5) is 21.6 Å². The third kappa shape index (κ3) is 4.33. The summed E-state index contributed by atoms with van der Waals surface area (Å²) in [6.07, 6.45) is 4.08. The molecule has 5 aromatic rings. The molecular weight excluding hydrogens is 534 g/mol. The van der Waals surface area contributed by atoms with E-state index in [-0.39, 0.29) is 21.4 Å². The smallest absolute Gasteiger partial charge is 0.247 e. The average molecular weight is 553 g/mol. The summed E-state index contributed by atoms with van der Waals surface area (Å²) in [5.41, 5.74) is 2.39. The van der Waals surface area contributed by atoms with Gasteiger partial charge >= 0.3 is 0 Å². The molecule has 2 aromatic carbocycles. The molecule has 3 aromatic heterocycles. The second-order valence-corrected chi connectivity index (χ2v) is 8.70. The predicted molar refractivity (Wildman–Crippen MR) is 145 cm³/mol. The molecule has 9 nitrogen and oxygen atoms in total. The lowest BCUT2D eigenvalue weighted by molar-refractivity contribution is -0.111. The van der Waals surface area contributed by atoms with Crippen LogP contribution in [0, 0.1) is 5.82 Å².